The molecule has 2 rings (SSSR count). The van der Waals surface area contributed by atoms with Crippen molar-refractivity contribution < 1.29 is 19.4 Å². The molecule has 1 aromatic carbocycles. The quantitative estimate of drug-likeness (QED) is 0.908. The molecule has 0 saturated carbocycles. The maximum Gasteiger partial charge on any atom is 0.410 e. The monoisotopic (exact) mass is 292 g/mol. The first kappa shape index (κ1) is 15.3. The van der Waals surface area contributed by atoms with Gasteiger partial charge in [-0.1, -0.05) is 30.3 Å². The molecule has 1 N–H and O–H groups in total. The van der Waals surface area contributed by atoms with Gasteiger partial charge in [-0.15, -0.1) is 0 Å². The number of amides is 1. The number of carbonyl (C=O) groups excluding carboxylic acids is 1. The zero-order valence-corrected chi connectivity index (χ0v) is 12.1. The second-order valence-corrected chi connectivity index (χ2v) is 5.21. The molecule has 0 aliphatic carbocycles. The first-order valence-electron chi connectivity index (χ1n) is 6.97. The zero-order chi connectivity index (χ0) is 15.2. The van der Waals surface area contributed by atoms with E-state index in [4.69, 9.17) is 9.84 Å². The van der Waals surface area contributed by atoms with Gasteiger partial charge in [0.15, 0.2) is 0 Å². The van der Waals surface area contributed by atoms with Crippen molar-refractivity contribution in [1.29, 1.82) is 0 Å². The van der Waals surface area contributed by atoms with E-state index in [9.17, 15) is 9.59 Å². The van der Waals surface area contributed by atoms with Crippen molar-refractivity contribution in [3.63, 3.8) is 0 Å². The van der Waals surface area contributed by atoms with E-state index in [1.165, 1.54) is 0 Å². The molecule has 1 aliphatic rings. The Bertz CT molecular complexity index is 492. The SMILES string of the molecule is C[C@@H]1CN(CC(=O)O)CCN1C(=O)OCc1ccccc1. The third-order valence-corrected chi connectivity index (χ3v) is 3.51. The summed E-state index contributed by atoms with van der Waals surface area (Å²) in [5.74, 6) is -0.845. The van der Waals surface area contributed by atoms with E-state index in [2.05, 4.69) is 0 Å². The highest BCUT2D eigenvalue weighted by atomic mass is 16.6. The van der Waals surface area contributed by atoms with E-state index in [1.807, 2.05) is 42.2 Å². The van der Waals surface area contributed by atoms with Gasteiger partial charge in [0.2, 0.25) is 0 Å². The van der Waals surface area contributed by atoms with Crippen LogP contribution in [0.3, 0.4) is 0 Å². The molecule has 1 aliphatic heterocycles. The average Bonchev–Trinajstić information content (AvgIpc) is 2.45. The van der Waals surface area contributed by atoms with E-state index < -0.39 is 5.97 Å². The summed E-state index contributed by atoms with van der Waals surface area (Å²) < 4.78 is 5.31. The lowest BCUT2D eigenvalue weighted by molar-refractivity contribution is -0.138. The third kappa shape index (κ3) is 4.46. The molecule has 1 amide bonds. The Morgan fingerprint density at radius 1 is 1.29 bits per heavy atom. The molecule has 1 fully saturated rings. The summed E-state index contributed by atoms with van der Waals surface area (Å²) in [7, 11) is 0. The van der Waals surface area contributed by atoms with E-state index in [0.717, 1.165) is 5.56 Å². The highest BCUT2D eigenvalue weighted by molar-refractivity contribution is 5.70. The van der Waals surface area contributed by atoms with Crippen molar-refractivity contribution in [1.82, 2.24) is 9.80 Å². The van der Waals surface area contributed by atoms with Crippen LogP contribution in [0.15, 0.2) is 30.3 Å². The summed E-state index contributed by atoms with van der Waals surface area (Å²) in [4.78, 5) is 26.3. The van der Waals surface area contributed by atoms with Crippen molar-refractivity contribution in [2.24, 2.45) is 0 Å². The van der Waals surface area contributed by atoms with Crippen LogP contribution >= 0.6 is 0 Å². The predicted octanol–water partition coefficient (Wildman–Crippen LogP) is 1.41. The van der Waals surface area contributed by atoms with Gasteiger partial charge in [0.25, 0.3) is 0 Å². The minimum atomic E-state index is -0.845. The van der Waals surface area contributed by atoms with Gasteiger partial charge in [-0.05, 0) is 12.5 Å². The normalized spacial score (nSPS) is 19.3. The number of aliphatic carboxylic acids is 1. The van der Waals surface area contributed by atoms with E-state index in [-0.39, 0.29) is 25.3 Å². The molecular weight excluding hydrogens is 272 g/mol. The molecule has 0 unspecified atom stereocenters. The van der Waals surface area contributed by atoms with Gasteiger partial charge in [-0.25, -0.2) is 4.79 Å². The Hall–Kier alpha value is -2.08. The van der Waals surface area contributed by atoms with Gasteiger partial charge in [-0.3, -0.25) is 9.69 Å². The van der Waals surface area contributed by atoms with Crippen molar-refractivity contribution in [3.8, 4) is 0 Å². The first-order chi connectivity index (χ1) is 10.1. The van der Waals surface area contributed by atoms with Crippen LogP contribution in [-0.4, -0.2) is 59.2 Å². The Morgan fingerprint density at radius 3 is 2.62 bits per heavy atom. The molecule has 1 aromatic rings. The van der Waals surface area contributed by atoms with Gasteiger partial charge in [0, 0.05) is 25.7 Å². The van der Waals surface area contributed by atoms with E-state index >= 15 is 0 Å². The van der Waals surface area contributed by atoms with Gasteiger partial charge in [0.05, 0.1) is 6.54 Å². The number of carbonyl (C=O) groups is 2. The first-order valence-corrected chi connectivity index (χ1v) is 6.97. The van der Waals surface area contributed by atoms with Gasteiger partial charge < -0.3 is 14.7 Å². The fourth-order valence-electron chi connectivity index (χ4n) is 2.44. The van der Waals surface area contributed by atoms with Crippen molar-refractivity contribution in [2.45, 2.75) is 19.6 Å². The molecule has 114 valence electrons. The lowest BCUT2D eigenvalue weighted by Crippen LogP contribution is -2.54. The molecule has 1 heterocycles. The van der Waals surface area contributed by atoms with Crippen LogP contribution in [0.25, 0.3) is 0 Å². The maximum atomic E-state index is 12.1. The third-order valence-electron chi connectivity index (χ3n) is 3.51. The summed E-state index contributed by atoms with van der Waals surface area (Å²) in [6.45, 7) is 3.75. The van der Waals surface area contributed by atoms with Gasteiger partial charge >= 0.3 is 12.1 Å². The second kappa shape index (κ2) is 7.08. The molecule has 1 atom stereocenters. The minimum absolute atomic E-state index is 0.0112. The highest BCUT2D eigenvalue weighted by Gasteiger charge is 2.29. The fourth-order valence-corrected chi connectivity index (χ4v) is 2.44. The molecule has 6 nitrogen and oxygen atoms in total. The van der Waals surface area contributed by atoms with Crippen molar-refractivity contribution in [3.05, 3.63) is 35.9 Å². The maximum absolute atomic E-state index is 12.1. The summed E-state index contributed by atoms with van der Waals surface area (Å²) >= 11 is 0. The largest absolute Gasteiger partial charge is 0.480 e. The number of hydrogen-bond donors (Lipinski definition) is 1. The number of carboxylic acid groups (broad SMARTS) is 1. The number of benzene rings is 1. The highest BCUT2D eigenvalue weighted by Crippen LogP contribution is 2.12. The molecule has 1 saturated heterocycles. The smallest absolute Gasteiger partial charge is 0.410 e. The van der Waals surface area contributed by atoms with Crippen LogP contribution < -0.4 is 0 Å². The summed E-state index contributed by atoms with van der Waals surface area (Å²) in [6.07, 6.45) is -0.346. The molecule has 0 spiro atoms. The van der Waals surface area contributed by atoms with Crippen molar-refractivity contribution in [2.75, 3.05) is 26.2 Å². The molecule has 6 heteroatoms. The number of ether oxygens (including phenoxy) is 1. The van der Waals surface area contributed by atoms with Crippen LogP contribution in [0, 0.1) is 0 Å². The Labute approximate surface area is 123 Å². The van der Waals surface area contributed by atoms with E-state index in [1.54, 1.807) is 4.90 Å². The molecule has 0 radical (unpaired) electrons. The predicted molar refractivity (Wildman–Crippen MR) is 76.9 cm³/mol. The number of nitrogens with zero attached hydrogens (tertiary/aromatic N) is 2. The fraction of sp³-hybridized carbons (Fsp3) is 0.467. The number of piperazine rings is 1. The Balaban J connectivity index is 1.82. The molecule has 0 aromatic heterocycles. The number of hydrogen-bond acceptors (Lipinski definition) is 4. The van der Waals surface area contributed by atoms with Gasteiger partial charge in [0.1, 0.15) is 6.61 Å². The van der Waals surface area contributed by atoms with Crippen LogP contribution in [-0.2, 0) is 16.1 Å². The lowest BCUT2D eigenvalue weighted by Gasteiger charge is -2.38. The molecular formula is C15H20N2O4. The summed E-state index contributed by atoms with van der Waals surface area (Å²) in [5.41, 5.74) is 0.947. The second-order valence-electron chi connectivity index (χ2n) is 5.21. The number of carboxylic acids is 1. The Kier molecular flexibility index (Phi) is 5.16. The van der Waals surface area contributed by atoms with Crippen LogP contribution in [0.4, 0.5) is 4.79 Å². The average molecular weight is 292 g/mol. The summed E-state index contributed by atoms with van der Waals surface area (Å²) in [5, 5.41) is 8.79. The van der Waals surface area contributed by atoms with Crippen LogP contribution in [0.5, 0.6) is 0 Å². The van der Waals surface area contributed by atoms with Crippen LogP contribution in [0.1, 0.15) is 12.5 Å². The number of rotatable bonds is 4. The zero-order valence-electron chi connectivity index (χ0n) is 12.1. The van der Waals surface area contributed by atoms with E-state index in [0.29, 0.717) is 19.6 Å². The Morgan fingerprint density at radius 2 is 2.00 bits per heavy atom. The molecule has 0 bridgehead atoms. The lowest BCUT2D eigenvalue weighted by atomic mass is 10.2. The minimum Gasteiger partial charge on any atom is -0.480 e. The topological polar surface area (TPSA) is 70.1 Å². The summed E-state index contributed by atoms with van der Waals surface area (Å²) in [6, 6.07) is 9.46. The standard InChI is InChI=1S/C15H20N2O4/c1-12-9-16(10-14(18)19)7-8-17(12)15(20)21-11-13-5-3-2-4-6-13/h2-6,12H,7-11H2,1H3,(H,18,19)/t12-/m1/s1. The van der Waals surface area contributed by atoms with Crippen LogP contribution in [0.2, 0.25) is 0 Å². The molecule has 21 heavy (non-hydrogen) atoms. The van der Waals surface area contributed by atoms with Gasteiger partial charge in [-0.2, -0.15) is 0 Å². The van der Waals surface area contributed by atoms with Crippen molar-refractivity contribution >= 4 is 12.1 Å².